The predicted molar refractivity (Wildman–Crippen MR) is 107 cm³/mol. The number of hydrogen-bond donors (Lipinski definition) is 1. The minimum Gasteiger partial charge on any atom is -0.389 e. The van der Waals surface area contributed by atoms with Gasteiger partial charge in [0.05, 0.1) is 24.0 Å². The first-order valence-electron chi connectivity index (χ1n) is 10.2. The van der Waals surface area contributed by atoms with Gasteiger partial charge in [-0.3, -0.25) is 9.80 Å². The fourth-order valence-corrected chi connectivity index (χ4v) is 3.60. The van der Waals surface area contributed by atoms with Crippen molar-refractivity contribution in [3.63, 3.8) is 0 Å². The minimum absolute atomic E-state index is 0.203. The molecule has 3 heterocycles. The highest BCUT2D eigenvalue weighted by atomic mass is 16.5. The molecule has 0 bridgehead atoms. The molecule has 2 aliphatic heterocycles. The molecule has 0 radical (unpaired) electrons. The van der Waals surface area contributed by atoms with Crippen molar-refractivity contribution in [3.8, 4) is 0 Å². The van der Waals surface area contributed by atoms with E-state index in [2.05, 4.69) is 19.7 Å². The SMILES string of the molecule is CC(C)(C)OC[C@@H](O)CN1CCN(Cc2ccnc(N3CCCC3)n2)CC1. The number of nitrogens with zero attached hydrogens (tertiary/aromatic N) is 5. The Bertz CT molecular complexity index is 578. The van der Waals surface area contributed by atoms with Gasteiger partial charge >= 0.3 is 0 Å². The Morgan fingerprint density at radius 1 is 1.07 bits per heavy atom. The lowest BCUT2D eigenvalue weighted by atomic mass is 10.2. The number of hydrogen-bond acceptors (Lipinski definition) is 7. The first-order chi connectivity index (χ1) is 12.9. The predicted octanol–water partition coefficient (Wildman–Crippen LogP) is 1.37. The van der Waals surface area contributed by atoms with Crippen LogP contribution in [0.25, 0.3) is 0 Å². The largest absolute Gasteiger partial charge is 0.389 e. The van der Waals surface area contributed by atoms with Gasteiger partial charge < -0.3 is 14.7 Å². The van der Waals surface area contributed by atoms with Crippen LogP contribution in [0.2, 0.25) is 0 Å². The van der Waals surface area contributed by atoms with Gasteiger partial charge in [0.2, 0.25) is 5.95 Å². The lowest BCUT2D eigenvalue weighted by Gasteiger charge is -2.35. The third kappa shape index (κ3) is 6.68. The van der Waals surface area contributed by atoms with Crippen molar-refractivity contribution in [2.75, 3.05) is 57.3 Å². The maximum absolute atomic E-state index is 10.2. The van der Waals surface area contributed by atoms with Gasteiger partial charge in [-0.1, -0.05) is 0 Å². The fraction of sp³-hybridized carbons (Fsp3) is 0.800. The van der Waals surface area contributed by atoms with Crippen LogP contribution >= 0.6 is 0 Å². The summed E-state index contributed by atoms with van der Waals surface area (Å²) in [7, 11) is 0. The Hall–Kier alpha value is -1.28. The molecule has 2 fully saturated rings. The first kappa shape index (κ1) is 20.5. The van der Waals surface area contributed by atoms with Crippen molar-refractivity contribution >= 4 is 5.95 Å². The summed E-state index contributed by atoms with van der Waals surface area (Å²) in [6, 6.07) is 2.03. The highest BCUT2D eigenvalue weighted by molar-refractivity contribution is 5.31. The zero-order valence-electron chi connectivity index (χ0n) is 17.1. The van der Waals surface area contributed by atoms with Gasteiger partial charge in [-0.05, 0) is 39.7 Å². The van der Waals surface area contributed by atoms with Gasteiger partial charge in [-0.15, -0.1) is 0 Å². The van der Waals surface area contributed by atoms with E-state index in [-0.39, 0.29) is 5.60 Å². The number of ether oxygens (including phenoxy) is 1. The average Bonchev–Trinajstić information content (AvgIpc) is 3.16. The molecular formula is C20H35N5O2. The Labute approximate surface area is 163 Å². The molecule has 0 saturated carbocycles. The summed E-state index contributed by atoms with van der Waals surface area (Å²) < 4.78 is 5.68. The average molecular weight is 378 g/mol. The van der Waals surface area contributed by atoms with Crippen LogP contribution in [0.4, 0.5) is 5.95 Å². The summed E-state index contributed by atoms with van der Waals surface area (Å²) in [5.74, 6) is 0.880. The molecular weight excluding hydrogens is 342 g/mol. The maximum Gasteiger partial charge on any atom is 0.225 e. The van der Waals surface area contributed by atoms with Gasteiger partial charge in [-0.25, -0.2) is 9.97 Å². The summed E-state index contributed by atoms with van der Waals surface area (Å²) in [6.07, 6.45) is 3.93. The van der Waals surface area contributed by atoms with E-state index >= 15 is 0 Å². The second-order valence-electron chi connectivity index (χ2n) is 8.70. The van der Waals surface area contributed by atoms with Crippen LogP contribution in [0.1, 0.15) is 39.3 Å². The van der Waals surface area contributed by atoms with Crippen LogP contribution < -0.4 is 4.90 Å². The van der Waals surface area contributed by atoms with E-state index in [9.17, 15) is 5.11 Å². The molecule has 1 aromatic heterocycles. The highest BCUT2D eigenvalue weighted by Gasteiger charge is 2.22. The van der Waals surface area contributed by atoms with Gasteiger partial charge in [0.1, 0.15) is 0 Å². The zero-order chi connectivity index (χ0) is 19.3. The lowest BCUT2D eigenvalue weighted by molar-refractivity contribution is -0.0587. The van der Waals surface area contributed by atoms with E-state index < -0.39 is 6.10 Å². The Morgan fingerprint density at radius 3 is 2.41 bits per heavy atom. The zero-order valence-corrected chi connectivity index (χ0v) is 17.1. The van der Waals surface area contributed by atoms with E-state index in [1.807, 2.05) is 33.0 Å². The highest BCUT2D eigenvalue weighted by Crippen LogP contribution is 2.16. The van der Waals surface area contributed by atoms with Crippen LogP contribution in [0.5, 0.6) is 0 Å². The molecule has 0 aromatic carbocycles. The van der Waals surface area contributed by atoms with E-state index in [1.165, 1.54) is 12.8 Å². The third-order valence-electron chi connectivity index (χ3n) is 5.12. The first-order valence-corrected chi connectivity index (χ1v) is 10.2. The molecule has 1 N–H and O–H groups in total. The standard InChI is InChI=1S/C20H35N5O2/c1-20(2,3)27-16-18(26)15-24-12-10-23(11-13-24)14-17-6-7-21-19(22-17)25-8-4-5-9-25/h6-7,18,26H,4-5,8-16H2,1-3H3/t18-/m0/s1. The van der Waals surface area contributed by atoms with Gasteiger partial charge in [-0.2, -0.15) is 0 Å². The summed E-state index contributed by atoms with van der Waals surface area (Å²) in [5.41, 5.74) is 0.893. The molecule has 27 heavy (non-hydrogen) atoms. The van der Waals surface area contributed by atoms with Gasteiger partial charge in [0.25, 0.3) is 0 Å². The molecule has 0 aliphatic carbocycles. The molecule has 1 aromatic rings. The molecule has 0 spiro atoms. The second kappa shape index (κ2) is 9.28. The quantitative estimate of drug-likeness (QED) is 0.770. The monoisotopic (exact) mass is 377 g/mol. The molecule has 152 valence electrons. The molecule has 0 amide bonds. The van der Waals surface area contributed by atoms with Gasteiger partial charge in [0.15, 0.2) is 0 Å². The minimum atomic E-state index is -0.430. The van der Waals surface area contributed by atoms with E-state index in [0.29, 0.717) is 13.2 Å². The summed E-state index contributed by atoms with van der Waals surface area (Å²) in [5, 5.41) is 10.2. The van der Waals surface area contributed by atoms with Crippen LogP contribution in [0.15, 0.2) is 12.3 Å². The van der Waals surface area contributed by atoms with Crippen molar-refractivity contribution in [3.05, 3.63) is 18.0 Å². The van der Waals surface area contributed by atoms with E-state index in [0.717, 1.165) is 57.5 Å². The number of aliphatic hydroxyl groups excluding tert-OH is 1. The molecule has 0 unspecified atom stereocenters. The van der Waals surface area contributed by atoms with Crippen molar-refractivity contribution in [2.24, 2.45) is 0 Å². The summed E-state index contributed by atoms with van der Waals surface area (Å²) in [4.78, 5) is 16.2. The summed E-state index contributed by atoms with van der Waals surface area (Å²) in [6.45, 7) is 14.1. The van der Waals surface area contributed by atoms with Crippen molar-refractivity contribution in [1.29, 1.82) is 0 Å². The topological polar surface area (TPSA) is 65.0 Å². The van der Waals surface area contributed by atoms with Crippen LogP contribution in [-0.4, -0.2) is 89.0 Å². The van der Waals surface area contributed by atoms with Crippen LogP contribution in [-0.2, 0) is 11.3 Å². The fourth-order valence-electron chi connectivity index (χ4n) is 3.60. The number of β-amino-alcohol motifs (C(OH)–C–C–N with tert-alkyl or cyclic N) is 1. The number of aliphatic hydroxyl groups is 1. The smallest absolute Gasteiger partial charge is 0.225 e. The molecule has 2 aliphatic rings. The van der Waals surface area contributed by atoms with E-state index in [4.69, 9.17) is 9.72 Å². The number of aromatic nitrogens is 2. The Kier molecular flexibility index (Phi) is 7.03. The van der Waals surface area contributed by atoms with Gasteiger partial charge in [0, 0.05) is 58.6 Å². The normalized spacial score (nSPS) is 21.0. The maximum atomic E-state index is 10.2. The third-order valence-corrected chi connectivity index (χ3v) is 5.12. The van der Waals surface area contributed by atoms with Crippen LogP contribution in [0, 0.1) is 0 Å². The second-order valence-corrected chi connectivity index (χ2v) is 8.70. The van der Waals surface area contributed by atoms with Crippen molar-refractivity contribution in [2.45, 2.75) is 51.9 Å². The number of rotatable bonds is 7. The lowest BCUT2D eigenvalue weighted by Crippen LogP contribution is -2.49. The molecule has 1 atom stereocenters. The van der Waals surface area contributed by atoms with Crippen molar-refractivity contribution in [1.82, 2.24) is 19.8 Å². The Balaban J connectivity index is 1.41. The molecule has 7 heteroatoms. The Morgan fingerprint density at radius 2 is 1.74 bits per heavy atom. The molecule has 7 nitrogen and oxygen atoms in total. The van der Waals surface area contributed by atoms with Crippen molar-refractivity contribution < 1.29 is 9.84 Å². The number of anilines is 1. The molecule has 3 rings (SSSR count). The summed E-state index contributed by atoms with van der Waals surface area (Å²) >= 11 is 0. The van der Waals surface area contributed by atoms with Crippen LogP contribution in [0.3, 0.4) is 0 Å². The number of piperazine rings is 1. The van der Waals surface area contributed by atoms with E-state index in [1.54, 1.807) is 0 Å². The molecule has 2 saturated heterocycles.